The zero-order valence-electron chi connectivity index (χ0n) is 24.4. The Labute approximate surface area is 233 Å². The molecule has 1 aliphatic carbocycles. The largest absolute Gasteiger partial charge is 0.461 e. The Kier molecular flexibility index (Phi) is 10.1. The highest BCUT2D eigenvalue weighted by Crippen LogP contribution is 2.43. The quantitative estimate of drug-likeness (QED) is 0.219. The van der Waals surface area contributed by atoms with Gasteiger partial charge in [0.1, 0.15) is 5.82 Å². The molecule has 0 heterocycles. The van der Waals surface area contributed by atoms with E-state index in [2.05, 4.69) is 23.8 Å². The van der Waals surface area contributed by atoms with Gasteiger partial charge < -0.3 is 9.53 Å². The van der Waals surface area contributed by atoms with Crippen LogP contribution in [-0.4, -0.2) is 25.7 Å². The van der Waals surface area contributed by atoms with E-state index in [0.29, 0.717) is 17.9 Å². The molecule has 0 atom stereocenters. The van der Waals surface area contributed by atoms with Crippen molar-refractivity contribution >= 4 is 14.3 Å². The van der Waals surface area contributed by atoms with Crippen LogP contribution in [0.2, 0.25) is 18.1 Å². The highest BCUT2D eigenvalue weighted by atomic mass is 28.4. The lowest BCUT2D eigenvalue weighted by atomic mass is 9.77. The van der Waals surface area contributed by atoms with Gasteiger partial charge in [-0.2, -0.15) is 8.78 Å². The molecule has 0 saturated heterocycles. The van der Waals surface area contributed by atoms with Crippen LogP contribution < -0.4 is 0 Å². The number of halogens is 3. The maximum absolute atomic E-state index is 15.5. The van der Waals surface area contributed by atoms with Crippen molar-refractivity contribution in [3.63, 3.8) is 0 Å². The molecule has 1 N–H and O–H groups in total. The summed E-state index contributed by atoms with van der Waals surface area (Å²) in [6, 6.07) is 10.7. The standard InChI is InChI=1S/C32H45F3O3Si/c1-7-9-22-10-12-23(13-11-22)24-14-16-25(17-15-24)27-20-26(18-19-31(3,4)39(5,6)37)29(28(33)21-27)32(34,35)30(36)38-8-2/h14-17,20-23,37H,7-13,18-19H2,1-6H3. The average Bonchev–Trinajstić information content (AvgIpc) is 2.87. The van der Waals surface area contributed by atoms with Gasteiger partial charge in [0.25, 0.3) is 0 Å². The van der Waals surface area contributed by atoms with Gasteiger partial charge in [-0.3, -0.25) is 0 Å². The second-order valence-corrected chi connectivity index (χ2v) is 16.8. The summed E-state index contributed by atoms with van der Waals surface area (Å²) in [4.78, 5) is 22.9. The first-order valence-corrected chi connectivity index (χ1v) is 17.4. The molecule has 0 unspecified atom stereocenters. The maximum Gasteiger partial charge on any atom is 0.382 e. The average molecular weight is 563 g/mol. The molecule has 0 amide bonds. The van der Waals surface area contributed by atoms with E-state index in [4.69, 9.17) is 0 Å². The molecular weight excluding hydrogens is 517 g/mol. The fraction of sp³-hybridized carbons (Fsp3) is 0.594. The maximum atomic E-state index is 15.5. The fourth-order valence-electron chi connectivity index (χ4n) is 5.60. The molecular formula is C32H45F3O3Si. The van der Waals surface area contributed by atoms with E-state index in [1.54, 1.807) is 19.2 Å². The number of hydrogen-bond donors (Lipinski definition) is 1. The second-order valence-electron chi connectivity index (χ2n) is 12.4. The van der Waals surface area contributed by atoms with Crippen LogP contribution in [0.25, 0.3) is 11.1 Å². The number of hydrogen-bond acceptors (Lipinski definition) is 3. The fourth-order valence-corrected chi connectivity index (χ4v) is 6.33. The van der Waals surface area contributed by atoms with Gasteiger partial charge in [0.2, 0.25) is 0 Å². The molecule has 0 radical (unpaired) electrons. The van der Waals surface area contributed by atoms with Gasteiger partial charge in [-0.05, 0) is 104 Å². The summed E-state index contributed by atoms with van der Waals surface area (Å²) < 4.78 is 50.5. The van der Waals surface area contributed by atoms with E-state index in [-0.39, 0.29) is 18.6 Å². The monoisotopic (exact) mass is 562 g/mol. The third-order valence-electron chi connectivity index (χ3n) is 8.95. The van der Waals surface area contributed by atoms with Crippen molar-refractivity contribution in [2.24, 2.45) is 5.92 Å². The minimum absolute atomic E-state index is 0.0627. The number of alkyl halides is 2. The van der Waals surface area contributed by atoms with E-state index in [9.17, 15) is 9.59 Å². The Balaban J connectivity index is 1.94. The normalized spacial score (nSPS) is 18.7. The Morgan fingerprint density at radius 3 is 2.18 bits per heavy atom. The molecule has 0 bridgehead atoms. The molecule has 0 spiro atoms. The van der Waals surface area contributed by atoms with E-state index < -0.39 is 36.6 Å². The molecule has 1 fully saturated rings. The van der Waals surface area contributed by atoms with Crippen molar-refractivity contribution in [1.82, 2.24) is 0 Å². The van der Waals surface area contributed by atoms with Crippen molar-refractivity contribution < 1.29 is 27.5 Å². The molecule has 216 valence electrons. The Morgan fingerprint density at radius 1 is 1.03 bits per heavy atom. The number of aryl methyl sites for hydroxylation is 1. The summed E-state index contributed by atoms with van der Waals surface area (Å²) >= 11 is 0. The first-order chi connectivity index (χ1) is 18.2. The van der Waals surface area contributed by atoms with Gasteiger partial charge in [-0.1, -0.05) is 63.9 Å². The third kappa shape index (κ3) is 7.34. The number of ether oxygens (including phenoxy) is 1. The number of carbonyl (C=O) groups excluding carboxylic acids is 1. The van der Waals surface area contributed by atoms with Crippen LogP contribution >= 0.6 is 0 Å². The highest BCUT2D eigenvalue weighted by Gasteiger charge is 2.47. The van der Waals surface area contributed by atoms with Crippen molar-refractivity contribution in [1.29, 1.82) is 0 Å². The van der Waals surface area contributed by atoms with Crippen LogP contribution in [0.1, 0.15) is 95.2 Å². The van der Waals surface area contributed by atoms with Gasteiger partial charge in [0.05, 0.1) is 12.2 Å². The number of esters is 1. The summed E-state index contributed by atoms with van der Waals surface area (Å²) in [5.41, 5.74) is 1.62. The lowest BCUT2D eigenvalue weighted by molar-refractivity contribution is -0.173. The number of carbonyl (C=O) groups is 1. The minimum atomic E-state index is -4.12. The molecule has 1 saturated carbocycles. The number of benzene rings is 2. The summed E-state index contributed by atoms with van der Waals surface area (Å²) in [6.07, 6.45) is 7.81. The Morgan fingerprint density at radius 2 is 1.64 bits per heavy atom. The predicted molar refractivity (Wildman–Crippen MR) is 154 cm³/mol. The zero-order chi connectivity index (χ0) is 29.0. The molecule has 39 heavy (non-hydrogen) atoms. The summed E-state index contributed by atoms with van der Waals surface area (Å²) in [5, 5.41) is -0.506. The van der Waals surface area contributed by atoms with Crippen LogP contribution in [0.3, 0.4) is 0 Å². The smallest absolute Gasteiger partial charge is 0.382 e. The summed E-state index contributed by atoms with van der Waals surface area (Å²) in [6.45, 7) is 10.8. The molecule has 0 aliphatic heterocycles. The van der Waals surface area contributed by atoms with Crippen LogP contribution in [-0.2, 0) is 21.9 Å². The molecule has 2 aromatic carbocycles. The van der Waals surface area contributed by atoms with Gasteiger partial charge in [-0.25, -0.2) is 9.18 Å². The zero-order valence-corrected chi connectivity index (χ0v) is 25.4. The first-order valence-electron chi connectivity index (χ1n) is 14.4. The van der Waals surface area contributed by atoms with Crippen molar-refractivity contribution in [2.75, 3.05) is 6.61 Å². The van der Waals surface area contributed by atoms with Gasteiger partial charge in [0, 0.05) is 0 Å². The van der Waals surface area contributed by atoms with E-state index >= 15 is 13.2 Å². The Hall–Kier alpha value is -2.12. The predicted octanol–water partition coefficient (Wildman–Crippen LogP) is 9.13. The van der Waals surface area contributed by atoms with E-state index in [0.717, 1.165) is 17.5 Å². The van der Waals surface area contributed by atoms with Crippen LogP contribution in [0, 0.1) is 11.7 Å². The highest BCUT2D eigenvalue weighted by molar-refractivity contribution is 6.72. The van der Waals surface area contributed by atoms with Crippen molar-refractivity contribution in [3.05, 3.63) is 58.9 Å². The Bertz CT molecular complexity index is 1110. The number of rotatable bonds is 11. The van der Waals surface area contributed by atoms with Gasteiger partial charge >= 0.3 is 11.9 Å². The minimum Gasteiger partial charge on any atom is -0.461 e. The lowest BCUT2D eigenvalue weighted by Gasteiger charge is -2.35. The van der Waals surface area contributed by atoms with Gasteiger partial charge in [0.15, 0.2) is 8.32 Å². The van der Waals surface area contributed by atoms with Crippen molar-refractivity contribution in [3.8, 4) is 11.1 Å². The molecule has 3 rings (SSSR count). The summed E-state index contributed by atoms with van der Waals surface area (Å²) in [7, 11) is -2.63. The van der Waals surface area contributed by atoms with E-state index in [1.165, 1.54) is 51.0 Å². The van der Waals surface area contributed by atoms with Crippen LogP contribution in [0.5, 0.6) is 0 Å². The molecule has 3 nitrogen and oxygen atoms in total. The topological polar surface area (TPSA) is 46.5 Å². The van der Waals surface area contributed by atoms with Gasteiger partial charge in [-0.15, -0.1) is 0 Å². The third-order valence-corrected chi connectivity index (χ3v) is 12.5. The molecule has 0 aromatic heterocycles. The SMILES string of the molecule is CCCC1CCC(c2ccc(-c3cc(F)c(C(F)(F)C(=O)OCC)c(CCC(C)(C)[Si](C)(C)O)c3)cc2)CC1. The van der Waals surface area contributed by atoms with Crippen molar-refractivity contribution in [2.45, 2.75) is 109 Å². The summed E-state index contributed by atoms with van der Waals surface area (Å²) in [5.74, 6) is -5.67. The van der Waals surface area contributed by atoms with Crippen LogP contribution in [0.15, 0.2) is 36.4 Å². The lowest BCUT2D eigenvalue weighted by Crippen LogP contribution is -2.39. The van der Waals surface area contributed by atoms with Crippen LogP contribution in [0.4, 0.5) is 13.2 Å². The second kappa shape index (κ2) is 12.6. The molecule has 2 aromatic rings. The van der Waals surface area contributed by atoms with E-state index in [1.807, 2.05) is 26.0 Å². The molecule has 7 heteroatoms. The first kappa shape index (κ1) is 31.4. The molecule has 1 aliphatic rings.